The average molecular weight is 364 g/mol. The molecule has 3 amide bonds. The monoisotopic (exact) mass is 364 g/mol. The highest BCUT2D eigenvalue weighted by atomic mass is 16.5. The van der Waals surface area contributed by atoms with Gasteiger partial charge in [-0.05, 0) is 32.0 Å². The van der Waals surface area contributed by atoms with Crippen LogP contribution >= 0.6 is 0 Å². The van der Waals surface area contributed by atoms with Crippen LogP contribution in [0.15, 0.2) is 42.5 Å². The number of ether oxygens (including phenoxy) is 1. The van der Waals surface area contributed by atoms with Gasteiger partial charge in [-0.25, -0.2) is 0 Å². The van der Waals surface area contributed by atoms with Gasteiger partial charge in [-0.2, -0.15) is 0 Å². The summed E-state index contributed by atoms with van der Waals surface area (Å²) in [5.74, 6) is -0.459. The van der Waals surface area contributed by atoms with E-state index in [0.29, 0.717) is 24.2 Å². The second-order valence-electron chi connectivity index (χ2n) is 6.94. The highest BCUT2D eigenvalue weighted by Crippen LogP contribution is 2.32. The molecule has 0 bridgehead atoms. The van der Waals surface area contributed by atoms with Crippen LogP contribution in [-0.4, -0.2) is 35.3 Å². The fourth-order valence-electron chi connectivity index (χ4n) is 3.63. The van der Waals surface area contributed by atoms with E-state index in [0.717, 1.165) is 21.8 Å². The Kier molecular flexibility index (Phi) is 4.18. The Morgan fingerprint density at radius 1 is 1.15 bits per heavy atom. The molecular formula is C21H20N2O4. The van der Waals surface area contributed by atoms with Gasteiger partial charge in [0, 0.05) is 12.0 Å². The smallest absolute Gasteiger partial charge is 0.262 e. The number of carbonyl (C=O) groups is 3. The van der Waals surface area contributed by atoms with E-state index in [1.165, 1.54) is 0 Å². The lowest BCUT2D eigenvalue weighted by molar-refractivity contribution is -0.125. The zero-order valence-corrected chi connectivity index (χ0v) is 15.2. The van der Waals surface area contributed by atoms with Gasteiger partial charge in [-0.1, -0.05) is 29.8 Å². The van der Waals surface area contributed by atoms with Crippen LogP contribution in [0.2, 0.25) is 0 Å². The third-order valence-electron chi connectivity index (χ3n) is 5.12. The first-order chi connectivity index (χ1) is 13.0. The molecule has 0 radical (unpaired) electrons. The molecule has 0 aliphatic carbocycles. The van der Waals surface area contributed by atoms with Crippen LogP contribution < -0.4 is 10.1 Å². The van der Waals surface area contributed by atoms with Crippen LogP contribution in [0.25, 0.3) is 0 Å². The molecule has 2 aliphatic rings. The average Bonchev–Trinajstić information content (AvgIpc) is 2.91. The summed E-state index contributed by atoms with van der Waals surface area (Å²) in [6.45, 7) is 3.94. The molecule has 2 atom stereocenters. The number of benzene rings is 2. The summed E-state index contributed by atoms with van der Waals surface area (Å²) in [4.78, 5) is 39.2. The van der Waals surface area contributed by atoms with Crippen LogP contribution in [-0.2, 0) is 4.79 Å². The highest BCUT2D eigenvalue weighted by Gasteiger charge is 2.41. The van der Waals surface area contributed by atoms with Crippen molar-refractivity contribution >= 4 is 17.7 Å². The zero-order chi connectivity index (χ0) is 19.1. The van der Waals surface area contributed by atoms with Crippen LogP contribution in [0.4, 0.5) is 0 Å². The van der Waals surface area contributed by atoms with Crippen LogP contribution in [0.3, 0.4) is 0 Å². The Bertz CT molecular complexity index is 953. The van der Waals surface area contributed by atoms with Crippen molar-refractivity contribution in [3.8, 4) is 5.75 Å². The van der Waals surface area contributed by atoms with Crippen molar-refractivity contribution in [3.63, 3.8) is 0 Å². The minimum atomic E-state index is -0.896. The van der Waals surface area contributed by atoms with Crippen molar-refractivity contribution in [1.29, 1.82) is 0 Å². The van der Waals surface area contributed by atoms with Crippen molar-refractivity contribution in [2.45, 2.75) is 32.4 Å². The molecule has 0 saturated carbocycles. The number of para-hydroxylation sites is 1. The van der Waals surface area contributed by atoms with Gasteiger partial charge in [-0.15, -0.1) is 0 Å². The molecule has 6 heteroatoms. The standard InChI is InChI=1S/C21H20N2O4/c1-12-7-8-14-16(11-12)21(26)23(20(14)25)13(2)19(24)22-17-9-10-27-18-6-4-3-5-15(17)18/h3-8,11,13,17H,9-10H2,1-2H3,(H,22,24)/t13-,17+/m0/s1. The van der Waals surface area contributed by atoms with Gasteiger partial charge in [-0.3, -0.25) is 19.3 Å². The SMILES string of the molecule is Cc1ccc2c(c1)C(=O)N([C@@H](C)C(=O)N[C@@H]1CCOc3ccccc31)C2=O. The lowest BCUT2D eigenvalue weighted by atomic mass is 10.00. The number of carbonyl (C=O) groups excluding carboxylic acids is 3. The predicted octanol–water partition coefficient (Wildman–Crippen LogP) is 2.62. The van der Waals surface area contributed by atoms with Gasteiger partial charge < -0.3 is 10.1 Å². The Balaban J connectivity index is 1.54. The molecule has 6 nitrogen and oxygen atoms in total. The van der Waals surface area contributed by atoms with Crippen LogP contribution in [0, 0.1) is 6.92 Å². The fraction of sp³-hybridized carbons (Fsp3) is 0.286. The summed E-state index contributed by atoms with van der Waals surface area (Å²) in [6.07, 6.45) is 0.636. The summed E-state index contributed by atoms with van der Waals surface area (Å²) >= 11 is 0. The highest BCUT2D eigenvalue weighted by molar-refractivity contribution is 6.22. The van der Waals surface area contributed by atoms with E-state index in [4.69, 9.17) is 4.74 Å². The number of aryl methyl sites for hydroxylation is 1. The Morgan fingerprint density at radius 3 is 2.70 bits per heavy atom. The molecule has 2 aromatic carbocycles. The number of rotatable bonds is 3. The van der Waals surface area contributed by atoms with Gasteiger partial charge in [0.2, 0.25) is 5.91 Å². The molecule has 4 rings (SSSR count). The lowest BCUT2D eigenvalue weighted by Crippen LogP contribution is -2.49. The maximum Gasteiger partial charge on any atom is 0.262 e. The van der Waals surface area contributed by atoms with Gasteiger partial charge >= 0.3 is 0 Å². The first-order valence-corrected chi connectivity index (χ1v) is 8.98. The predicted molar refractivity (Wildman–Crippen MR) is 98.6 cm³/mol. The van der Waals surface area contributed by atoms with Crippen molar-refractivity contribution < 1.29 is 19.1 Å². The molecule has 0 spiro atoms. The van der Waals surface area contributed by atoms with Crippen molar-refractivity contribution in [2.24, 2.45) is 0 Å². The third kappa shape index (κ3) is 2.87. The molecule has 0 unspecified atom stereocenters. The Morgan fingerprint density at radius 2 is 1.89 bits per heavy atom. The minimum absolute atomic E-state index is 0.206. The number of amides is 3. The van der Waals surface area contributed by atoms with Gasteiger partial charge in [0.1, 0.15) is 11.8 Å². The maximum atomic E-state index is 12.8. The van der Waals surface area contributed by atoms with E-state index in [-0.39, 0.29) is 11.9 Å². The van der Waals surface area contributed by atoms with Crippen molar-refractivity contribution in [3.05, 3.63) is 64.7 Å². The van der Waals surface area contributed by atoms with E-state index >= 15 is 0 Å². The van der Waals surface area contributed by atoms with Gasteiger partial charge in [0.05, 0.1) is 23.8 Å². The molecule has 0 aromatic heterocycles. The molecule has 1 N–H and O–H groups in total. The zero-order valence-electron chi connectivity index (χ0n) is 15.2. The van der Waals surface area contributed by atoms with E-state index in [9.17, 15) is 14.4 Å². The summed E-state index contributed by atoms with van der Waals surface area (Å²) in [5.41, 5.74) is 2.51. The number of hydrogen-bond donors (Lipinski definition) is 1. The molecule has 138 valence electrons. The third-order valence-corrected chi connectivity index (χ3v) is 5.12. The quantitative estimate of drug-likeness (QED) is 0.850. The first-order valence-electron chi connectivity index (χ1n) is 8.98. The molecule has 2 aromatic rings. The Labute approximate surface area is 157 Å². The molecule has 2 aliphatic heterocycles. The molecule has 0 saturated heterocycles. The topological polar surface area (TPSA) is 75.7 Å². The van der Waals surface area contributed by atoms with E-state index in [1.807, 2.05) is 31.2 Å². The molecule has 2 heterocycles. The van der Waals surface area contributed by atoms with Crippen molar-refractivity contribution in [1.82, 2.24) is 10.2 Å². The molecular weight excluding hydrogens is 344 g/mol. The summed E-state index contributed by atoms with van der Waals surface area (Å²) in [5, 5.41) is 2.97. The summed E-state index contributed by atoms with van der Waals surface area (Å²) in [6, 6.07) is 11.6. The number of nitrogens with zero attached hydrogens (tertiary/aromatic N) is 1. The van der Waals surface area contributed by atoms with Gasteiger partial charge in [0.25, 0.3) is 11.8 Å². The summed E-state index contributed by atoms with van der Waals surface area (Å²) in [7, 11) is 0. The number of nitrogens with one attached hydrogen (secondary N) is 1. The first kappa shape index (κ1) is 17.3. The second-order valence-corrected chi connectivity index (χ2v) is 6.94. The molecule has 0 fully saturated rings. The second kappa shape index (κ2) is 6.54. The van der Waals surface area contributed by atoms with Gasteiger partial charge in [0.15, 0.2) is 0 Å². The van der Waals surface area contributed by atoms with E-state index < -0.39 is 17.9 Å². The number of imide groups is 1. The van der Waals surface area contributed by atoms with E-state index in [2.05, 4.69) is 5.32 Å². The maximum absolute atomic E-state index is 12.8. The van der Waals surface area contributed by atoms with Crippen molar-refractivity contribution in [2.75, 3.05) is 6.61 Å². The minimum Gasteiger partial charge on any atom is -0.493 e. The van der Waals surface area contributed by atoms with E-state index in [1.54, 1.807) is 25.1 Å². The normalized spacial score (nSPS) is 19.2. The fourth-order valence-corrected chi connectivity index (χ4v) is 3.63. The van der Waals surface area contributed by atoms with Crippen LogP contribution in [0.1, 0.15) is 51.2 Å². The number of hydrogen-bond acceptors (Lipinski definition) is 4. The number of fused-ring (bicyclic) bond motifs is 2. The molecule has 27 heavy (non-hydrogen) atoms. The lowest BCUT2D eigenvalue weighted by Gasteiger charge is -2.29. The van der Waals surface area contributed by atoms with Crippen LogP contribution in [0.5, 0.6) is 5.75 Å². The largest absolute Gasteiger partial charge is 0.493 e. The summed E-state index contributed by atoms with van der Waals surface area (Å²) < 4.78 is 5.61. The Hall–Kier alpha value is -3.15.